The number of hydrogen-bond acceptors (Lipinski definition) is 3. The molecule has 3 nitrogen and oxygen atoms in total. The lowest BCUT2D eigenvalue weighted by Crippen LogP contribution is -2.40. The van der Waals surface area contributed by atoms with Crippen molar-refractivity contribution in [3.63, 3.8) is 0 Å². The minimum Gasteiger partial charge on any atom is -0.376 e. The number of hydrogen-bond donors (Lipinski definition) is 1. The van der Waals surface area contributed by atoms with E-state index in [4.69, 9.17) is 10.5 Å². The van der Waals surface area contributed by atoms with Crippen LogP contribution in [0.25, 0.3) is 0 Å². The second kappa shape index (κ2) is 4.52. The zero-order valence-electron chi connectivity index (χ0n) is 10.1. The summed E-state index contributed by atoms with van der Waals surface area (Å²) < 4.78 is 5.72. The van der Waals surface area contributed by atoms with Gasteiger partial charge in [0, 0.05) is 19.5 Å². The molecule has 0 aliphatic heterocycles. The SMILES string of the molecule is COC1(C(N)c2cnccc2C)CCCC1. The van der Waals surface area contributed by atoms with Crippen LogP contribution in [0, 0.1) is 6.92 Å². The molecular weight excluding hydrogens is 200 g/mol. The Morgan fingerprint density at radius 1 is 1.44 bits per heavy atom. The highest BCUT2D eigenvalue weighted by Gasteiger charge is 2.40. The van der Waals surface area contributed by atoms with Crippen molar-refractivity contribution >= 4 is 0 Å². The number of pyridine rings is 1. The summed E-state index contributed by atoms with van der Waals surface area (Å²) in [4.78, 5) is 4.17. The lowest BCUT2D eigenvalue weighted by Gasteiger charge is -2.34. The maximum atomic E-state index is 6.38. The quantitative estimate of drug-likeness (QED) is 0.850. The standard InChI is InChI=1S/C13H20N2O/c1-10-5-8-15-9-11(10)12(14)13(16-2)6-3-4-7-13/h5,8-9,12H,3-4,6-7,14H2,1-2H3. The summed E-state index contributed by atoms with van der Waals surface area (Å²) in [5.74, 6) is 0. The maximum absolute atomic E-state index is 6.38. The zero-order valence-corrected chi connectivity index (χ0v) is 10.1. The van der Waals surface area contributed by atoms with Gasteiger partial charge in [-0.25, -0.2) is 0 Å². The minimum absolute atomic E-state index is 0.0614. The first-order chi connectivity index (χ1) is 7.69. The van der Waals surface area contributed by atoms with E-state index in [1.54, 1.807) is 13.3 Å². The lowest BCUT2D eigenvalue weighted by molar-refractivity contribution is -0.0266. The summed E-state index contributed by atoms with van der Waals surface area (Å²) in [6.07, 6.45) is 8.21. The topological polar surface area (TPSA) is 48.1 Å². The lowest BCUT2D eigenvalue weighted by atomic mass is 9.86. The van der Waals surface area contributed by atoms with Crippen molar-refractivity contribution in [2.45, 2.75) is 44.2 Å². The molecule has 0 aromatic carbocycles. The van der Waals surface area contributed by atoms with Gasteiger partial charge < -0.3 is 10.5 Å². The van der Waals surface area contributed by atoms with Gasteiger partial charge in [0.05, 0.1) is 11.6 Å². The summed E-state index contributed by atoms with van der Waals surface area (Å²) in [6.45, 7) is 2.08. The molecule has 1 aliphatic rings. The normalized spacial score (nSPS) is 20.9. The number of ether oxygens (including phenoxy) is 1. The Bertz CT molecular complexity index is 359. The Hall–Kier alpha value is -0.930. The first kappa shape index (κ1) is 11.6. The number of nitrogens with two attached hydrogens (primary N) is 1. The molecule has 1 aliphatic carbocycles. The molecule has 1 heterocycles. The fraction of sp³-hybridized carbons (Fsp3) is 0.615. The Morgan fingerprint density at radius 3 is 2.69 bits per heavy atom. The van der Waals surface area contributed by atoms with Crippen LogP contribution in [0.5, 0.6) is 0 Å². The second-order valence-corrected chi connectivity index (χ2v) is 4.69. The van der Waals surface area contributed by atoms with Gasteiger partial charge in [0.25, 0.3) is 0 Å². The molecule has 0 spiro atoms. The van der Waals surface area contributed by atoms with Crippen LogP contribution in [0.4, 0.5) is 0 Å². The first-order valence-corrected chi connectivity index (χ1v) is 5.91. The Kier molecular flexibility index (Phi) is 3.26. The van der Waals surface area contributed by atoms with Crippen LogP contribution in [0.15, 0.2) is 18.5 Å². The molecule has 0 bridgehead atoms. The van der Waals surface area contributed by atoms with Crippen LogP contribution < -0.4 is 5.73 Å². The third kappa shape index (κ3) is 1.85. The van der Waals surface area contributed by atoms with Crippen LogP contribution in [-0.4, -0.2) is 17.7 Å². The Morgan fingerprint density at radius 2 is 2.12 bits per heavy atom. The van der Waals surface area contributed by atoms with E-state index in [0.29, 0.717) is 0 Å². The van der Waals surface area contributed by atoms with Crippen LogP contribution in [0.2, 0.25) is 0 Å². The fourth-order valence-corrected chi connectivity index (χ4v) is 2.70. The van der Waals surface area contributed by atoms with E-state index < -0.39 is 0 Å². The first-order valence-electron chi connectivity index (χ1n) is 5.91. The second-order valence-electron chi connectivity index (χ2n) is 4.69. The number of aryl methyl sites for hydroxylation is 1. The number of rotatable bonds is 3. The number of nitrogens with zero attached hydrogens (tertiary/aromatic N) is 1. The molecule has 2 rings (SSSR count). The third-order valence-electron chi connectivity index (χ3n) is 3.84. The summed E-state index contributed by atoms with van der Waals surface area (Å²) in [6, 6.07) is 1.95. The van der Waals surface area contributed by atoms with Crippen molar-refractivity contribution in [2.24, 2.45) is 5.73 Å². The van der Waals surface area contributed by atoms with Crippen molar-refractivity contribution in [2.75, 3.05) is 7.11 Å². The van der Waals surface area contributed by atoms with Crippen LogP contribution in [0.1, 0.15) is 42.9 Å². The largest absolute Gasteiger partial charge is 0.376 e. The molecule has 0 amide bonds. The van der Waals surface area contributed by atoms with Gasteiger partial charge in [0.2, 0.25) is 0 Å². The van der Waals surface area contributed by atoms with Crippen LogP contribution >= 0.6 is 0 Å². The number of aromatic nitrogens is 1. The highest BCUT2D eigenvalue weighted by molar-refractivity contribution is 5.27. The van der Waals surface area contributed by atoms with Crippen molar-refractivity contribution < 1.29 is 4.74 Å². The predicted octanol–water partition coefficient (Wildman–Crippen LogP) is 2.35. The molecule has 1 fully saturated rings. The average Bonchev–Trinajstić information content (AvgIpc) is 2.78. The predicted molar refractivity (Wildman–Crippen MR) is 64.1 cm³/mol. The monoisotopic (exact) mass is 220 g/mol. The molecule has 0 saturated heterocycles. The molecule has 1 aromatic rings. The van der Waals surface area contributed by atoms with Crippen LogP contribution in [0.3, 0.4) is 0 Å². The molecule has 0 radical (unpaired) electrons. The van der Waals surface area contributed by atoms with Crippen molar-refractivity contribution in [1.82, 2.24) is 4.98 Å². The van der Waals surface area contributed by atoms with Crippen molar-refractivity contribution in [1.29, 1.82) is 0 Å². The highest BCUT2D eigenvalue weighted by atomic mass is 16.5. The van der Waals surface area contributed by atoms with Gasteiger partial charge in [-0.3, -0.25) is 4.98 Å². The summed E-state index contributed by atoms with van der Waals surface area (Å²) in [5.41, 5.74) is 8.53. The molecule has 1 unspecified atom stereocenters. The fourth-order valence-electron chi connectivity index (χ4n) is 2.70. The molecule has 1 aromatic heterocycles. The van der Waals surface area contributed by atoms with Crippen molar-refractivity contribution in [3.05, 3.63) is 29.6 Å². The Balaban J connectivity index is 2.30. The molecule has 3 heteroatoms. The summed E-state index contributed by atoms with van der Waals surface area (Å²) >= 11 is 0. The van der Waals surface area contributed by atoms with Crippen molar-refractivity contribution in [3.8, 4) is 0 Å². The van der Waals surface area contributed by atoms with E-state index in [-0.39, 0.29) is 11.6 Å². The summed E-state index contributed by atoms with van der Waals surface area (Å²) in [5, 5.41) is 0. The van der Waals surface area contributed by atoms with Gasteiger partial charge in [-0.05, 0) is 37.0 Å². The number of methoxy groups -OCH3 is 1. The molecule has 1 atom stereocenters. The van der Waals surface area contributed by atoms with E-state index >= 15 is 0 Å². The molecule has 2 N–H and O–H groups in total. The van der Waals surface area contributed by atoms with Gasteiger partial charge in [-0.15, -0.1) is 0 Å². The smallest absolute Gasteiger partial charge is 0.0871 e. The highest BCUT2D eigenvalue weighted by Crippen LogP contribution is 2.41. The van der Waals surface area contributed by atoms with Gasteiger partial charge in [-0.2, -0.15) is 0 Å². The minimum atomic E-state index is -0.173. The molecule has 88 valence electrons. The summed E-state index contributed by atoms with van der Waals surface area (Å²) in [7, 11) is 1.77. The van der Waals surface area contributed by atoms with Gasteiger partial charge in [0.1, 0.15) is 0 Å². The van der Waals surface area contributed by atoms with Gasteiger partial charge in [0.15, 0.2) is 0 Å². The van der Waals surface area contributed by atoms with Crippen LogP contribution in [-0.2, 0) is 4.74 Å². The molecule has 16 heavy (non-hydrogen) atoms. The van der Waals surface area contributed by atoms with Gasteiger partial charge >= 0.3 is 0 Å². The van der Waals surface area contributed by atoms with Gasteiger partial charge in [-0.1, -0.05) is 12.8 Å². The maximum Gasteiger partial charge on any atom is 0.0871 e. The average molecular weight is 220 g/mol. The zero-order chi connectivity index (χ0) is 11.6. The van der Waals surface area contributed by atoms with E-state index in [0.717, 1.165) is 18.4 Å². The van der Waals surface area contributed by atoms with E-state index in [9.17, 15) is 0 Å². The third-order valence-corrected chi connectivity index (χ3v) is 3.84. The Labute approximate surface area is 97.0 Å². The van der Waals surface area contributed by atoms with E-state index in [1.165, 1.54) is 18.4 Å². The van der Waals surface area contributed by atoms with E-state index in [1.807, 2.05) is 12.3 Å². The molecular formula is C13H20N2O. The molecule has 1 saturated carbocycles. The van der Waals surface area contributed by atoms with E-state index in [2.05, 4.69) is 11.9 Å².